The summed E-state index contributed by atoms with van der Waals surface area (Å²) in [6.45, 7) is 0. The average Bonchev–Trinajstić information content (AvgIpc) is 2.44. The molecule has 7 heteroatoms. The minimum absolute atomic E-state index is 0.0198. The second-order valence-corrected chi connectivity index (χ2v) is 4.77. The van der Waals surface area contributed by atoms with E-state index in [-0.39, 0.29) is 33.0 Å². The fourth-order valence-electron chi connectivity index (χ4n) is 2.04. The Morgan fingerprint density at radius 1 is 1.14 bits per heavy atom. The van der Waals surface area contributed by atoms with Gasteiger partial charge in [-0.15, -0.1) is 0 Å². The zero-order valence-electron chi connectivity index (χ0n) is 10.5. The van der Waals surface area contributed by atoms with Gasteiger partial charge >= 0.3 is 0 Å². The molecule has 0 aliphatic rings. The van der Waals surface area contributed by atoms with Crippen LogP contribution in [-0.4, -0.2) is 9.55 Å². The molecule has 2 aromatic heterocycles. The van der Waals surface area contributed by atoms with Crippen LogP contribution in [0.1, 0.15) is 0 Å². The van der Waals surface area contributed by atoms with E-state index in [2.05, 4.69) is 4.98 Å². The summed E-state index contributed by atoms with van der Waals surface area (Å²) >= 11 is 5.82. The molecule has 0 atom stereocenters. The van der Waals surface area contributed by atoms with Crippen molar-refractivity contribution in [2.45, 2.75) is 0 Å². The molecule has 0 saturated heterocycles. The number of pyridine rings is 2. The Labute approximate surface area is 122 Å². The number of benzene rings is 1. The summed E-state index contributed by atoms with van der Waals surface area (Å²) in [7, 11) is 0. The van der Waals surface area contributed by atoms with Crippen molar-refractivity contribution < 1.29 is 8.78 Å². The van der Waals surface area contributed by atoms with Gasteiger partial charge in [-0.05, 0) is 18.2 Å². The highest BCUT2D eigenvalue weighted by molar-refractivity contribution is 6.29. The van der Waals surface area contributed by atoms with Crippen LogP contribution in [-0.2, 0) is 0 Å². The van der Waals surface area contributed by atoms with Crippen LogP contribution in [0.3, 0.4) is 0 Å². The largest absolute Gasteiger partial charge is 0.396 e. The normalized spacial score (nSPS) is 11.0. The molecule has 1 aromatic carbocycles. The summed E-state index contributed by atoms with van der Waals surface area (Å²) in [6, 6.07) is 6.03. The molecule has 0 spiro atoms. The Balaban J connectivity index is 2.41. The van der Waals surface area contributed by atoms with Crippen LogP contribution >= 0.6 is 11.6 Å². The lowest BCUT2D eigenvalue weighted by Crippen LogP contribution is -2.10. The average molecular weight is 308 g/mol. The molecule has 3 rings (SSSR count). The number of rotatable bonds is 1. The van der Waals surface area contributed by atoms with Gasteiger partial charge in [0, 0.05) is 18.3 Å². The highest BCUT2D eigenvalue weighted by Crippen LogP contribution is 2.23. The van der Waals surface area contributed by atoms with Crippen LogP contribution in [0.25, 0.3) is 16.7 Å². The molecule has 3 aromatic rings. The molecule has 2 N–H and O–H groups in total. The Kier molecular flexibility index (Phi) is 3.10. The van der Waals surface area contributed by atoms with Crippen molar-refractivity contribution in [3.05, 3.63) is 63.5 Å². The molecule has 0 aliphatic heterocycles. The molecular weight excluding hydrogens is 300 g/mol. The summed E-state index contributed by atoms with van der Waals surface area (Å²) in [6.07, 6.45) is 1.34. The van der Waals surface area contributed by atoms with Gasteiger partial charge in [0.05, 0.1) is 16.8 Å². The van der Waals surface area contributed by atoms with Crippen LogP contribution in [0.15, 0.2) is 41.3 Å². The fourth-order valence-corrected chi connectivity index (χ4v) is 2.18. The molecule has 0 amide bonds. The van der Waals surface area contributed by atoms with E-state index in [1.807, 2.05) is 0 Å². The molecule has 0 aliphatic carbocycles. The van der Waals surface area contributed by atoms with Crippen molar-refractivity contribution in [3.8, 4) is 5.69 Å². The van der Waals surface area contributed by atoms with Crippen molar-refractivity contribution >= 4 is 28.3 Å². The zero-order valence-corrected chi connectivity index (χ0v) is 11.2. The van der Waals surface area contributed by atoms with E-state index >= 15 is 0 Å². The third-order valence-electron chi connectivity index (χ3n) is 3.04. The monoisotopic (exact) mass is 307 g/mol. The summed E-state index contributed by atoms with van der Waals surface area (Å²) in [5.74, 6) is -1.68. The Morgan fingerprint density at radius 2 is 1.90 bits per heavy atom. The zero-order chi connectivity index (χ0) is 15.1. The lowest BCUT2D eigenvalue weighted by Gasteiger charge is -2.12. The number of hydrogen-bond donors (Lipinski definition) is 1. The van der Waals surface area contributed by atoms with Gasteiger partial charge in [0.1, 0.15) is 22.4 Å². The van der Waals surface area contributed by atoms with Crippen LogP contribution < -0.4 is 11.2 Å². The van der Waals surface area contributed by atoms with E-state index in [1.165, 1.54) is 29.0 Å². The molecule has 0 fully saturated rings. The topological polar surface area (TPSA) is 60.9 Å². The molecule has 0 bridgehead atoms. The van der Waals surface area contributed by atoms with E-state index in [1.54, 1.807) is 0 Å². The molecule has 2 heterocycles. The number of nitrogens with two attached hydrogens (primary N) is 1. The minimum atomic E-state index is -0.854. The number of aromatic nitrogens is 2. The maximum atomic E-state index is 14.0. The quantitative estimate of drug-likeness (QED) is 0.555. The highest BCUT2D eigenvalue weighted by Gasteiger charge is 2.13. The van der Waals surface area contributed by atoms with E-state index in [9.17, 15) is 13.6 Å². The number of nitrogen functional groups attached to an aromatic ring is 1. The first kappa shape index (κ1) is 13.5. The maximum absolute atomic E-state index is 14.0. The molecule has 0 saturated carbocycles. The van der Waals surface area contributed by atoms with Gasteiger partial charge in [0.15, 0.2) is 5.43 Å². The van der Waals surface area contributed by atoms with Gasteiger partial charge in [-0.2, -0.15) is 0 Å². The smallest absolute Gasteiger partial charge is 0.191 e. The van der Waals surface area contributed by atoms with Crippen molar-refractivity contribution in [2.75, 3.05) is 5.73 Å². The van der Waals surface area contributed by atoms with Crippen molar-refractivity contribution in [1.29, 1.82) is 0 Å². The third-order valence-corrected chi connectivity index (χ3v) is 3.25. The number of anilines is 1. The predicted octanol–water partition coefficient (Wildman–Crippen LogP) is 2.90. The Morgan fingerprint density at radius 3 is 2.67 bits per heavy atom. The lowest BCUT2D eigenvalue weighted by molar-refractivity contribution is 0.581. The molecular formula is C14H8ClF2N3O. The van der Waals surface area contributed by atoms with Gasteiger partial charge in [0.2, 0.25) is 0 Å². The van der Waals surface area contributed by atoms with Gasteiger partial charge in [0.25, 0.3) is 0 Å². The molecule has 21 heavy (non-hydrogen) atoms. The van der Waals surface area contributed by atoms with Crippen molar-refractivity contribution in [2.24, 2.45) is 0 Å². The van der Waals surface area contributed by atoms with Crippen molar-refractivity contribution in [3.63, 3.8) is 0 Å². The standard InChI is InChI=1S/C14H8ClF2N3O/c15-13-2-1-7-12(21)3-4-20(14(7)19-13)11-6-10(18)8(16)5-9(11)17/h1-6H,18H2. The van der Waals surface area contributed by atoms with Gasteiger partial charge in [-0.25, -0.2) is 13.8 Å². The lowest BCUT2D eigenvalue weighted by atomic mass is 10.2. The van der Waals surface area contributed by atoms with E-state index in [4.69, 9.17) is 17.3 Å². The van der Waals surface area contributed by atoms with E-state index in [0.717, 1.165) is 6.07 Å². The second kappa shape index (κ2) is 4.82. The van der Waals surface area contributed by atoms with Gasteiger partial charge in [-0.3, -0.25) is 9.36 Å². The van der Waals surface area contributed by atoms with Gasteiger partial charge < -0.3 is 5.73 Å². The Hall–Kier alpha value is -2.47. The fraction of sp³-hybridized carbons (Fsp3) is 0. The number of fused-ring (bicyclic) bond motifs is 1. The Bertz CT molecular complexity index is 924. The summed E-state index contributed by atoms with van der Waals surface area (Å²) in [5, 5.41) is 0.418. The molecule has 106 valence electrons. The molecule has 0 unspecified atom stereocenters. The van der Waals surface area contributed by atoms with Crippen LogP contribution in [0.2, 0.25) is 5.15 Å². The minimum Gasteiger partial charge on any atom is -0.396 e. The summed E-state index contributed by atoms with van der Waals surface area (Å²) < 4.78 is 28.5. The number of halogens is 3. The van der Waals surface area contributed by atoms with Crippen molar-refractivity contribution in [1.82, 2.24) is 9.55 Å². The molecule has 0 radical (unpaired) electrons. The predicted molar refractivity (Wildman–Crippen MR) is 76.7 cm³/mol. The molecule has 4 nitrogen and oxygen atoms in total. The van der Waals surface area contributed by atoms with E-state index < -0.39 is 11.6 Å². The number of hydrogen-bond acceptors (Lipinski definition) is 3. The highest BCUT2D eigenvalue weighted by atomic mass is 35.5. The third kappa shape index (κ3) is 2.23. The van der Waals surface area contributed by atoms with E-state index in [0.29, 0.717) is 6.07 Å². The first-order chi connectivity index (χ1) is 9.97. The summed E-state index contributed by atoms with van der Waals surface area (Å²) in [4.78, 5) is 15.8. The van der Waals surface area contributed by atoms with Gasteiger partial charge in [-0.1, -0.05) is 11.6 Å². The second-order valence-electron chi connectivity index (χ2n) is 4.38. The van der Waals surface area contributed by atoms with Crippen LogP contribution in [0, 0.1) is 11.6 Å². The maximum Gasteiger partial charge on any atom is 0.191 e. The summed E-state index contributed by atoms with van der Waals surface area (Å²) in [5.41, 5.74) is 5.13. The number of nitrogens with zero attached hydrogens (tertiary/aromatic N) is 2. The first-order valence-corrected chi connectivity index (χ1v) is 6.28. The SMILES string of the molecule is Nc1cc(-n2ccc(=O)c3ccc(Cl)nc32)c(F)cc1F. The van der Waals surface area contributed by atoms with Crippen LogP contribution in [0.4, 0.5) is 14.5 Å². The van der Waals surface area contributed by atoms with Crippen LogP contribution in [0.5, 0.6) is 0 Å². The first-order valence-electron chi connectivity index (χ1n) is 5.90.